The fourth-order valence-electron chi connectivity index (χ4n) is 1.92. The van der Waals surface area contributed by atoms with Gasteiger partial charge in [0.2, 0.25) is 5.91 Å². The number of nitrogens with two attached hydrogens (primary N) is 1. The van der Waals surface area contributed by atoms with Crippen LogP contribution in [0.25, 0.3) is 0 Å². The van der Waals surface area contributed by atoms with E-state index in [2.05, 4.69) is 5.32 Å². The minimum atomic E-state index is -0.185. The molecule has 3 N–H and O–H groups in total. The highest BCUT2D eigenvalue weighted by Gasteiger charge is 2.22. The van der Waals surface area contributed by atoms with Gasteiger partial charge in [0.15, 0.2) is 0 Å². The summed E-state index contributed by atoms with van der Waals surface area (Å²) in [6.07, 6.45) is 0.294. The van der Waals surface area contributed by atoms with E-state index in [4.69, 9.17) is 5.73 Å². The molecule has 0 aromatic heterocycles. The van der Waals surface area contributed by atoms with Crippen molar-refractivity contribution >= 4 is 5.91 Å². The quantitative estimate of drug-likeness (QED) is 0.891. The monoisotopic (exact) mass is 280 g/mol. The Labute approximate surface area is 120 Å². The molecule has 0 spiro atoms. The molecule has 0 radical (unpaired) electrons. The van der Waals surface area contributed by atoms with Gasteiger partial charge in [-0.1, -0.05) is 32.9 Å². The van der Waals surface area contributed by atoms with E-state index in [1.54, 1.807) is 26.0 Å². The predicted molar refractivity (Wildman–Crippen MR) is 79.8 cm³/mol. The summed E-state index contributed by atoms with van der Waals surface area (Å²) in [5.74, 6) is -0.262. The molecular formula is C16H25FN2O. The average molecular weight is 280 g/mol. The van der Waals surface area contributed by atoms with Crippen LogP contribution in [0.3, 0.4) is 0 Å². The molecular weight excluding hydrogens is 255 g/mol. The summed E-state index contributed by atoms with van der Waals surface area (Å²) in [7, 11) is 0. The van der Waals surface area contributed by atoms with Crippen LogP contribution in [0.15, 0.2) is 12.1 Å². The zero-order valence-electron chi connectivity index (χ0n) is 13.0. The molecule has 1 rings (SSSR count). The Kier molecular flexibility index (Phi) is 5.28. The molecule has 0 heterocycles. The normalized spacial score (nSPS) is 13.2. The zero-order valence-corrected chi connectivity index (χ0v) is 13.0. The number of amides is 1. The molecule has 0 saturated carbocycles. The molecule has 1 unspecified atom stereocenters. The summed E-state index contributed by atoms with van der Waals surface area (Å²) in [4.78, 5) is 11.8. The standard InChI is InChI=1S/C16H25FN2O/c1-10-6-12(7-11(2)15(10)17)9-19-14(20)8-13(18)16(3,4)5/h6-7,13H,8-9,18H2,1-5H3,(H,19,20). The molecule has 0 bridgehead atoms. The molecule has 112 valence electrons. The first-order valence-corrected chi connectivity index (χ1v) is 6.89. The third kappa shape index (κ3) is 4.60. The van der Waals surface area contributed by atoms with Crippen LogP contribution >= 0.6 is 0 Å². The molecule has 0 saturated heterocycles. The van der Waals surface area contributed by atoms with Crippen molar-refractivity contribution in [2.45, 2.75) is 53.6 Å². The van der Waals surface area contributed by atoms with Crippen LogP contribution in [-0.4, -0.2) is 11.9 Å². The van der Waals surface area contributed by atoms with E-state index < -0.39 is 0 Å². The van der Waals surface area contributed by atoms with Crippen molar-refractivity contribution in [3.63, 3.8) is 0 Å². The van der Waals surface area contributed by atoms with Crippen molar-refractivity contribution in [2.75, 3.05) is 0 Å². The van der Waals surface area contributed by atoms with Crippen LogP contribution in [0, 0.1) is 25.1 Å². The van der Waals surface area contributed by atoms with Gasteiger partial charge in [-0.05, 0) is 36.0 Å². The Morgan fingerprint density at radius 3 is 2.25 bits per heavy atom. The van der Waals surface area contributed by atoms with Crippen molar-refractivity contribution in [3.8, 4) is 0 Å². The second-order valence-corrected chi connectivity index (χ2v) is 6.50. The van der Waals surface area contributed by atoms with Crippen molar-refractivity contribution in [1.29, 1.82) is 0 Å². The van der Waals surface area contributed by atoms with Crippen molar-refractivity contribution in [3.05, 3.63) is 34.6 Å². The number of nitrogens with one attached hydrogen (secondary N) is 1. The molecule has 0 aliphatic rings. The first-order valence-electron chi connectivity index (χ1n) is 6.89. The third-order valence-corrected chi connectivity index (χ3v) is 3.50. The summed E-state index contributed by atoms with van der Waals surface area (Å²) >= 11 is 0. The number of hydrogen-bond donors (Lipinski definition) is 2. The lowest BCUT2D eigenvalue weighted by atomic mass is 9.85. The van der Waals surface area contributed by atoms with Gasteiger partial charge in [-0.2, -0.15) is 0 Å². The lowest BCUT2D eigenvalue weighted by Crippen LogP contribution is -2.40. The zero-order chi connectivity index (χ0) is 15.5. The number of rotatable bonds is 4. The number of hydrogen-bond acceptors (Lipinski definition) is 2. The minimum absolute atomic E-state index is 0.0768. The van der Waals surface area contributed by atoms with Crippen LogP contribution in [0.2, 0.25) is 0 Å². The van der Waals surface area contributed by atoms with Crippen LogP contribution in [0.5, 0.6) is 0 Å². The van der Waals surface area contributed by atoms with E-state index in [9.17, 15) is 9.18 Å². The van der Waals surface area contributed by atoms with Gasteiger partial charge in [-0.25, -0.2) is 4.39 Å². The van der Waals surface area contributed by atoms with E-state index >= 15 is 0 Å². The Balaban J connectivity index is 2.58. The van der Waals surface area contributed by atoms with Gasteiger partial charge in [0, 0.05) is 19.0 Å². The highest BCUT2D eigenvalue weighted by Crippen LogP contribution is 2.19. The summed E-state index contributed by atoms with van der Waals surface area (Å²) in [6.45, 7) is 9.89. The largest absolute Gasteiger partial charge is 0.352 e. The molecule has 0 fully saturated rings. The maximum Gasteiger partial charge on any atom is 0.221 e. The number of carbonyl (C=O) groups is 1. The van der Waals surface area contributed by atoms with Gasteiger partial charge in [0.25, 0.3) is 0 Å². The Hall–Kier alpha value is -1.42. The number of benzene rings is 1. The van der Waals surface area contributed by atoms with E-state index in [0.717, 1.165) is 5.56 Å². The lowest BCUT2D eigenvalue weighted by Gasteiger charge is -2.26. The maximum atomic E-state index is 13.5. The maximum absolute atomic E-state index is 13.5. The number of halogens is 1. The Morgan fingerprint density at radius 2 is 1.80 bits per heavy atom. The van der Waals surface area contributed by atoms with Crippen molar-refractivity contribution in [2.24, 2.45) is 11.1 Å². The SMILES string of the molecule is Cc1cc(CNC(=O)CC(N)C(C)(C)C)cc(C)c1F. The van der Waals surface area contributed by atoms with Gasteiger partial charge >= 0.3 is 0 Å². The average Bonchev–Trinajstić information content (AvgIpc) is 2.32. The molecule has 4 heteroatoms. The predicted octanol–water partition coefficient (Wildman–Crippen LogP) is 2.82. The number of aryl methyl sites for hydroxylation is 2. The highest BCUT2D eigenvalue weighted by molar-refractivity contribution is 5.76. The molecule has 1 aromatic carbocycles. The highest BCUT2D eigenvalue weighted by atomic mass is 19.1. The van der Waals surface area contributed by atoms with E-state index in [1.807, 2.05) is 20.8 Å². The topological polar surface area (TPSA) is 55.1 Å². The van der Waals surface area contributed by atoms with Crippen molar-refractivity contribution < 1.29 is 9.18 Å². The second kappa shape index (κ2) is 6.35. The van der Waals surface area contributed by atoms with Gasteiger partial charge in [-0.3, -0.25) is 4.79 Å². The Morgan fingerprint density at radius 1 is 1.30 bits per heavy atom. The van der Waals surface area contributed by atoms with Crippen LogP contribution < -0.4 is 11.1 Å². The first-order chi connectivity index (χ1) is 9.11. The fraction of sp³-hybridized carbons (Fsp3) is 0.562. The molecule has 20 heavy (non-hydrogen) atoms. The minimum Gasteiger partial charge on any atom is -0.352 e. The fourth-order valence-corrected chi connectivity index (χ4v) is 1.92. The van der Waals surface area contributed by atoms with E-state index in [-0.39, 0.29) is 23.2 Å². The van der Waals surface area contributed by atoms with Crippen molar-refractivity contribution in [1.82, 2.24) is 5.32 Å². The summed E-state index contributed by atoms with van der Waals surface area (Å²) in [5, 5.41) is 2.83. The van der Waals surface area contributed by atoms with Crippen LogP contribution in [0.1, 0.15) is 43.9 Å². The summed E-state index contributed by atoms with van der Waals surface area (Å²) < 4.78 is 13.5. The third-order valence-electron chi connectivity index (χ3n) is 3.50. The van der Waals surface area contributed by atoms with Crippen LogP contribution in [0.4, 0.5) is 4.39 Å². The van der Waals surface area contributed by atoms with Gasteiger partial charge in [-0.15, -0.1) is 0 Å². The molecule has 1 amide bonds. The van der Waals surface area contributed by atoms with Gasteiger partial charge in [0.1, 0.15) is 5.82 Å². The molecule has 0 aliphatic heterocycles. The molecule has 0 aliphatic carbocycles. The van der Waals surface area contributed by atoms with E-state index in [1.165, 1.54) is 0 Å². The van der Waals surface area contributed by atoms with E-state index in [0.29, 0.717) is 24.1 Å². The molecule has 1 atom stereocenters. The van der Waals surface area contributed by atoms with Gasteiger partial charge < -0.3 is 11.1 Å². The second-order valence-electron chi connectivity index (χ2n) is 6.50. The van der Waals surface area contributed by atoms with Crippen LogP contribution in [-0.2, 0) is 11.3 Å². The summed E-state index contributed by atoms with van der Waals surface area (Å²) in [5.41, 5.74) is 7.98. The van der Waals surface area contributed by atoms with Gasteiger partial charge in [0.05, 0.1) is 0 Å². The number of carbonyl (C=O) groups excluding carboxylic acids is 1. The molecule has 1 aromatic rings. The first kappa shape index (κ1) is 16.6. The summed E-state index contributed by atoms with van der Waals surface area (Å²) in [6, 6.07) is 3.33. The smallest absolute Gasteiger partial charge is 0.221 e. The lowest BCUT2D eigenvalue weighted by molar-refractivity contribution is -0.122. The molecule has 3 nitrogen and oxygen atoms in total. The Bertz CT molecular complexity index is 469.